The molecule has 0 aromatic carbocycles. The number of aliphatic imine (C=N–C) groups is 1. The van der Waals surface area contributed by atoms with Crippen molar-refractivity contribution in [2.75, 3.05) is 40.3 Å². The number of likely N-dealkylation sites (N-methyl/N-ethyl adjacent to an activating group) is 1. The SMILES string of the molecule is C=CC(=O)N1CCC(N(C)C(=C\C=C(/C)Cl)/N=C(/OC[C@@]23CCCN2C[C@H](F)C3)N(C)C(C)(N)C#N)C1C. The molecule has 2 N–H and O–H groups in total. The Morgan fingerprint density at radius 2 is 2.13 bits per heavy atom. The monoisotopic (exact) mass is 549 g/mol. The summed E-state index contributed by atoms with van der Waals surface area (Å²) in [6, 6.07) is 2.13. The lowest BCUT2D eigenvalue weighted by atomic mass is 9.95. The Morgan fingerprint density at radius 1 is 1.42 bits per heavy atom. The molecule has 11 heteroatoms. The summed E-state index contributed by atoms with van der Waals surface area (Å²) in [5.74, 6) is 0.416. The van der Waals surface area contributed by atoms with Crippen molar-refractivity contribution < 1.29 is 13.9 Å². The molecule has 0 aromatic heterocycles. The zero-order valence-electron chi connectivity index (χ0n) is 23.2. The van der Waals surface area contributed by atoms with Crippen LogP contribution in [0.3, 0.4) is 0 Å². The number of carbonyl (C=O) groups is 1. The maximum absolute atomic E-state index is 14.4. The topological polar surface area (TPSA) is 101 Å². The van der Waals surface area contributed by atoms with Crippen molar-refractivity contribution in [2.45, 2.75) is 75.9 Å². The third-order valence-electron chi connectivity index (χ3n) is 8.14. The average Bonchev–Trinajstić information content (AvgIpc) is 3.53. The third-order valence-corrected chi connectivity index (χ3v) is 8.27. The number of allylic oxidation sites excluding steroid dienone is 3. The molecule has 0 spiro atoms. The molecule has 9 nitrogen and oxygen atoms in total. The van der Waals surface area contributed by atoms with Crippen LogP contribution in [0.4, 0.5) is 4.39 Å². The molecular weight excluding hydrogens is 509 g/mol. The number of carbonyl (C=O) groups excluding carboxylic acids is 1. The molecule has 3 heterocycles. The molecule has 0 saturated carbocycles. The van der Waals surface area contributed by atoms with Crippen LogP contribution in [0.5, 0.6) is 0 Å². The molecule has 1 amide bonds. The molecule has 3 rings (SSSR count). The Balaban J connectivity index is 1.96. The van der Waals surface area contributed by atoms with E-state index in [4.69, 9.17) is 27.1 Å². The van der Waals surface area contributed by atoms with Crippen LogP contribution < -0.4 is 5.73 Å². The Bertz CT molecular complexity index is 1030. The normalized spacial score (nSPS) is 30.0. The van der Waals surface area contributed by atoms with E-state index in [1.165, 1.54) is 11.0 Å². The number of halogens is 2. The molecule has 0 aliphatic carbocycles. The molecule has 3 aliphatic heterocycles. The molecular formula is C27H41ClFN7O2. The summed E-state index contributed by atoms with van der Waals surface area (Å²) in [5.41, 5.74) is 4.47. The number of nitrogens with two attached hydrogens (primary N) is 1. The second kappa shape index (κ2) is 12.1. The fourth-order valence-electron chi connectivity index (χ4n) is 5.69. The highest BCUT2D eigenvalue weighted by Crippen LogP contribution is 2.40. The lowest BCUT2D eigenvalue weighted by Crippen LogP contribution is -2.55. The van der Waals surface area contributed by atoms with Crippen molar-refractivity contribution in [3.63, 3.8) is 0 Å². The van der Waals surface area contributed by atoms with E-state index in [0.717, 1.165) is 25.8 Å². The van der Waals surface area contributed by atoms with Gasteiger partial charge in [-0.1, -0.05) is 18.2 Å². The Kier molecular flexibility index (Phi) is 9.50. The van der Waals surface area contributed by atoms with Crippen LogP contribution >= 0.6 is 11.6 Å². The van der Waals surface area contributed by atoms with Crippen LogP contribution in [0, 0.1) is 11.3 Å². The van der Waals surface area contributed by atoms with E-state index >= 15 is 0 Å². The number of hydrogen-bond acceptors (Lipinski definition) is 7. The van der Waals surface area contributed by atoms with E-state index in [1.807, 2.05) is 18.9 Å². The number of amidine groups is 1. The lowest BCUT2D eigenvalue weighted by molar-refractivity contribution is -0.126. The summed E-state index contributed by atoms with van der Waals surface area (Å²) in [4.78, 5) is 24.6. The summed E-state index contributed by atoms with van der Waals surface area (Å²) in [6.07, 6.45) is 6.92. The zero-order chi connectivity index (χ0) is 28.3. The van der Waals surface area contributed by atoms with Gasteiger partial charge < -0.3 is 14.5 Å². The van der Waals surface area contributed by atoms with E-state index in [2.05, 4.69) is 17.5 Å². The number of hydrogen-bond donors (Lipinski definition) is 1. The Hall–Kier alpha value is -2.61. The molecule has 38 heavy (non-hydrogen) atoms. The maximum Gasteiger partial charge on any atom is 0.296 e. The standard InChI is InChI=1S/C27H41ClFN7O2/c1-7-24(37)36-14-11-22(20(36)3)33(5)23(10-9-19(2)28)32-25(34(6)26(4,31)17-30)38-18-27-12-8-13-35(27)16-21(29)15-27/h7,9-10,20-22H,1,8,11-16,18,31H2,2-6H3/b19-9+,23-10-,32-25+/t20?,21-,22?,26?,27+/m1/s1. The summed E-state index contributed by atoms with van der Waals surface area (Å²) >= 11 is 6.15. The molecule has 3 aliphatic rings. The van der Waals surface area contributed by atoms with Crippen LogP contribution in [0.2, 0.25) is 0 Å². The Labute approximate surface area is 231 Å². The van der Waals surface area contributed by atoms with Gasteiger partial charge in [0.05, 0.1) is 11.6 Å². The van der Waals surface area contributed by atoms with Crippen molar-refractivity contribution in [1.29, 1.82) is 5.26 Å². The number of nitriles is 1. The average molecular weight is 550 g/mol. The van der Waals surface area contributed by atoms with Crippen molar-refractivity contribution in [3.05, 3.63) is 35.7 Å². The zero-order valence-corrected chi connectivity index (χ0v) is 23.9. The second-order valence-electron chi connectivity index (χ2n) is 10.8. The van der Waals surface area contributed by atoms with Gasteiger partial charge in [0, 0.05) is 44.7 Å². The van der Waals surface area contributed by atoms with Crippen molar-refractivity contribution in [2.24, 2.45) is 10.7 Å². The highest BCUT2D eigenvalue weighted by Gasteiger charge is 2.49. The summed E-state index contributed by atoms with van der Waals surface area (Å²) in [7, 11) is 3.56. The predicted molar refractivity (Wildman–Crippen MR) is 148 cm³/mol. The van der Waals surface area contributed by atoms with Crippen LogP contribution in [0.1, 0.15) is 46.5 Å². The number of alkyl halides is 1. The minimum absolute atomic E-state index is 0.0317. The van der Waals surface area contributed by atoms with Gasteiger partial charge in [0.1, 0.15) is 24.7 Å². The number of amides is 1. The van der Waals surface area contributed by atoms with Crippen LogP contribution in [0.25, 0.3) is 0 Å². The van der Waals surface area contributed by atoms with Crippen molar-refractivity contribution in [3.8, 4) is 6.07 Å². The molecule has 0 aromatic rings. The number of likely N-dealkylation sites (tertiary alicyclic amines) is 1. The first kappa shape index (κ1) is 29.9. The van der Waals surface area contributed by atoms with Crippen LogP contribution in [-0.2, 0) is 9.53 Å². The van der Waals surface area contributed by atoms with E-state index in [0.29, 0.717) is 30.4 Å². The van der Waals surface area contributed by atoms with Crippen molar-refractivity contribution >= 4 is 23.5 Å². The molecule has 3 fully saturated rings. The number of nitrogens with zero attached hydrogens (tertiary/aromatic N) is 6. The summed E-state index contributed by atoms with van der Waals surface area (Å²) in [6.45, 7) is 11.0. The lowest BCUT2D eigenvalue weighted by Gasteiger charge is -2.36. The summed E-state index contributed by atoms with van der Waals surface area (Å²) in [5, 5.41) is 10.3. The summed E-state index contributed by atoms with van der Waals surface area (Å²) < 4.78 is 20.7. The minimum atomic E-state index is -1.40. The smallest absolute Gasteiger partial charge is 0.296 e. The Morgan fingerprint density at radius 3 is 2.76 bits per heavy atom. The van der Waals surface area contributed by atoms with E-state index in [1.54, 1.807) is 37.9 Å². The van der Waals surface area contributed by atoms with E-state index in [9.17, 15) is 14.4 Å². The number of fused-ring (bicyclic) bond motifs is 1. The predicted octanol–water partition coefficient (Wildman–Crippen LogP) is 3.16. The highest BCUT2D eigenvalue weighted by molar-refractivity contribution is 6.29. The molecule has 5 atom stereocenters. The highest BCUT2D eigenvalue weighted by atomic mass is 35.5. The van der Waals surface area contributed by atoms with E-state index in [-0.39, 0.29) is 30.6 Å². The third kappa shape index (κ3) is 6.33. The molecule has 3 saturated heterocycles. The largest absolute Gasteiger partial charge is 0.463 e. The first-order valence-corrected chi connectivity index (χ1v) is 13.5. The van der Waals surface area contributed by atoms with Crippen LogP contribution in [0.15, 0.2) is 40.7 Å². The molecule has 0 bridgehead atoms. The van der Waals surface area contributed by atoms with Gasteiger partial charge in [-0.15, -0.1) is 0 Å². The first-order chi connectivity index (χ1) is 17.8. The minimum Gasteiger partial charge on any atom is -0.463 e. The van der Waals surface area contributed by atoms with Crippen LogP contribution in [-0.4, -0.2) is 101 Å². The molecule has 210 valence electrons. The number of ether oxygens (including phenoxy) is 1. The second-order valence-corrected chi connectivity index (χ2v) is 11.4. The molecule has 0 radical (unpaired) electrons. The fourth-order valence-corrected chi connectivity index (χ4v) is 5.75. The van der Waals surface area contributed by atoms with Crippen molar-refractivity contribution in [1.82, 2.24) is 19.6 Å². The van der Waals surface area contributed by atoms with Gasteiger partial charge in [-0.05, 0) is 64.8 Å². The van der Waals surface area contributed by atoms with E-state index < -0.39 is 17.4 Å². The number of rotatable bonds is 8. The van der Waals surface area contributed by atoms with Gasteiger partial charge in [0.25, 0.3) is 6.02 Å². The fraction of sp³-hybridized carbons (Fsp3) is 0.667. The van der Waals surface area contributed by atoms with Gasteiger partial charge in [-0.3, -0.25) is 20.3 Å². The van der Waals surface area contributed by atoms with Gasteiger partial charge in [0.2, 0.25) is 5.91 Å². The van der Waals surface area contributed by atoms with Gasteiger partial charge in [-0.2, -0.15) is 10.3 Å². The van der Waals surface area contributed by atoms with Gasteiger partial charge >= 0.3 is 0 Å². The molecule has 3 unspecified atom stereocenters. The quantitative estimate of drug-likeness (QED) is 0.163. The van der Waals surface area contributed by atoms with Gasteiger partial charge in [0.15, 0.2) is 5.66 Å². The van der Waals surface area contributed by atoms with Gasteiger partial charge in [-0.25, -0.2) is 4.39 Å². The maximum atomic E-state index is 14.4. The first-order valence-electron chi connectivity index (χ1n) is 13.1.